The van der Waals surface area contributed by atoms with Crippen LogP contribution in [0.5, 0.6) is 0 Å². The van der Waals surface area contributed by atoms with Crippen molar-refractivity contribution in [1.29, 1.82) is 0 Å². The molecule has 1 unspecified atom stereocenters. The van der Waals surface area contributed by atoms with Crippen LogP contribution >= 0.6 is 0 Å². The van der Waals surface area contributed by atoms with E-state index in [2.05, 4.69) is 24.1 Å². The maximum atomic E-state index is 12.8. The van der Waals surface area contributed by atoms with E-state index in [1.807, 2.05) is 24.3 Å². The number of rotatable bonds is 5. The highest BCUT2D eigenvalue weighted by Gasteiger charge is 2.09. The van der Waals surface area contributed by atoms with Crippen LogP contribution in [0.4, 0.5) is 4.39 Å². The van der Waals surface area contributed by atoms with E-state index in [-0.39, 0.29) is 11.9 Å². The van der Waals surface area contributed by atoms with Crippen molar-refractivity contribution in [3.05, 3.63) is 65.7 Å². The molecule has 1 aromatic heterocycles. The fraction of sp³-hybridized carbons (Fsp3) is 0.312. The minimum absolute atomic E-state index is 0.186. The molecule has 3 heteroatoms. The van der Waals surface area contributed by atoms with Crippen LogP contribution in [0.15, 0.2) is 48.8 Å². The van der Waals surface area contributed by atoms with E-state index in [9.17, 15) is 4.39 Å². The van der Waals surface area contributed by atoms with Crippen LogP contribution < -0.4 is 5.32 Å². The zero-order valence-electron chi connectivity index (χ0n) is 11.3. The molecule has 0 fully saturated rings. The minimum atomic E-state index is -0.186. The van der Waals surface area contributed by atoms with Gasteiger partial charge in [-0.05, 0) is 55.7 Å². The van der Waals surface area contributed by atoms with Crippen LogP contribution in [0.2, 0.25) is 0 Å². The van der Waals surface area contributed by atoms with Crippen LogP contribution in [0.1, 0.15) is 31.0 Å². The molecule has 0 bridgehead atoms. The average molecular weight is 258 g/mol. The first-order chi connectivity index (χ1) is 9.15. The van der Waals surface area contributed by atoms with Crippen molar-refractivity contribution >= 4 is 0 Å². The van der Waals surface area contributed by atoms with Gasteiger partial charge in [-0.3, -0.25) is 4.98 Å². The number of nitrogens with one attached hydrogen (secondary N) is 1. The van der Waals surface area contributed by atoms with Gasteiger partial charge >= 0.3 is 0 Å². The molecule has 2 nitrogen and oxygen atoms in total. The normalized spacial score (nSPS) is 14.1. The SMILES string of the molecule is CC(Cc1ccc(F)cc1)N[C@@H](C)c1ccncc1. The van der Waals surface area contributed by atoms with Crippen LogP contribution in [0.3, 0.4) is 0 Å². The quantitative estimate of drug-likeness (QED) is 0.887. The molecule has 0 saturated heterocycles. The molecule has 0 aliphatic rings. The lowest BCUT2D eigenvalue weighted by molar-refractivity contribution is 0.476. The summed E-state index contributed by atoms with van der Waals surface area (Å²) in [6.45, 7) is 4.28. The van der Waals surface area contributed by atoms with Gasteiger partial charge in [0.1, 0.15) is 5.82 Å². The summed E-state index contributed by atoms with van der Waals surface area (Å²) >= 11 is 0. The van der Waals surface area contributed by atoms with Gasteiger partial charge in [0.25, 0.3) is 0 Å². The van der Waals surface area contributed by atoms with Gasteiger partial charge in [-0.2, -0.15) is 0 Å². The molecular weight excluding hydrogens is 239 g/mol. The molecule has 2 aromatic rings. The van der Waals surface area contributed by atoms with E-state index < -0.39 is 0 Å². The molecule has 2 atom stereocenters. The summed E-state index contributed by atoms with van der Waals surface area (Å²) in [6.07, 6.45) is 4.49. The highest BCUT2D eigenvalue weighted by molar-refractivity contribution is 5.18. The number of halogens is 1. The van der Waals surface area contributed by atoms with Crippen LogP contribution in [-0.2, 0) is 6.42 Å². The Bertz CT molecular complexity index is 496. The van der Waals surface area contributed by atoms with Gasteiger partial charge in [0.2, 0.25) is 0 Å². The van der Waals surface area contributed by atoms with E-state index in [0.717, 1.165) is 12.0 Å². The first-order valence-corrected chi connectivity index (χ1v) is 6.55. The molecule has 1 heterocycles. The Hall–Kier alpha value is -1.74. The fourth-order valence-corrected chi connectivity index (χ4v) is 2.21. The summed E-state index contributed by atoms with van der Waals surface area (Å²) in [7, 11) is 0. The molecule has 0 amide bonds. The van der Waals surface area contributed by atoms with E-state index in [1.54, 1.807) is 12.4 Å². The molecule has 0 aliphatic carbocycles. The number of nitrogens with zero attached hydrogens (tertiary/aromatic N) is 1. The van der Waals surface area contributed by atoms with Crippen LogP contribution in [0, 0.1) is 5.82 Å². The zero-order valence-corrected chi connectivity index (χ0v) is 11.3. The van der Waals surface area contributed by atoms with Gasteiger partial charge < -0.3 is 5.32 Å². The number of hydrogen-bond acceptors (Lipinski definition) is 2. The average Bonchev–Trinajstić information content (AvgIpc) is 2.42. The van der Waals surface area contributed by atoms with Gasteiger partial charge in [0, 0.05) is 24.5 Å². The third kappa shape index (κ3) is 4.14. The molecule has 1 N–H and O–H groups in total. The number of hydrogen-bond donors (Lipinski definition) is 1. The maximum Gasteiger partial charge on any atom is 0.123 e. The van der Waals surface area contributed by atoms with Gasteiger partial charge in [-0.25, -0.2) is 4.39 Å². The Morgan fingerprint density at radius 3 is 2.32 bits per heavy atom. The largest absolute Gasteiger partial charge is 0.307 e. The highest BCUT2D eigenvalue weighted by atomic mass is 19.1. The first-order valence-electron chi connectivity index (χ1n) is 6.55. The Labute approximate surface area is 113 Å². The van der Waals surface area contributed by atoms with E-state index >= 15 is 0 Å². The molecule has 19 heavy (non-hydrogen) atoms. The highest BCUT2D eigenvalue weighted by Crippen LogP contribution is 2.13. The monoisotopic (exact) mass is 258 g/mol. The Kier molecular flexibility index (Phi) is 4.63. The van der Waals surface area contributed by atoms with Gasteiger partial charge in [-0.15, -0.1) is 0 Å². The number of aromatic nitrogens is 1. The Morgan fingerprint density at radius 1 is 1.05 bits per heavy atom. The zero-order chi connectivity index (χ0) is 13.7. The molecular formula is C16H19FN2. The van der Waals surface area contributed by atoms with Crippen molar-refractivity contribution in [2.45, 2.75) is 32.4 Å². The van der Waals surface area contributed by atoms with E-state index in [0.29, 0.717) is 6.04 Å². The second-order valence-electron chi connectivity index (χ2n) is 4.90. The van der Waals surface area contributed by atoms with E-state index in [4.69, 9.17) is 0 Å². The standard InChI is InChI=1S/C16H19FN2/c1-12(11-14-3-5-16(17)6-4-14)19-13(2)15-7-9-18-10-8-15/h3-10,12-13,19H,11H2,1-2H3/t12?,13-/m0/s1. The molecule has 0 aliphatic heterocycles. The first kappa shape index (κ1) is 13.7. The predicted molar refractivity (Wildman–Crippen MR) is 75.4 cm³/mol. The lowest BCUT2D eigenvalue weighted by Gasteiger charge is -2.20. The van der Waals surface area contributed by atoms with Crippen LogP contribution in [-0.4, -0.2) is 11.0 Å². The number of benzene rings is 1. The lowest BCUT2D eigenvalue weighted by Crippen LogP contribution is -2.30. The third-order valence-electron chi connectivity index (χ3n) is 3.20. The lowest BCUT2D eigenvalue weighted by atomic mass is 10.0. The van der Waals surface area contributed by atoms with Gasteiger partial charge in [0.05, 0.1) is 0 Å². The smallest absolute Gasteiger partial charge is 0.123 e. The van der Waals surface area contributed by atoms with Crippen molar-refractivity contribution in [3.63, 3.8) is 0 Å². The minimum Gasteiger partial charge on any atom is -0.307 e. The summed E-state index contributed by atoms with van der Waals surface area (Å²) in [4.78, 5) is 4.02. The molecule has 2 rings (SSSR count). The topological polar surface area (TPSA) is 24.9 Å². The molecule has 0 saturated carbocycles. The fourth-order valence-electron chi connectivity index (χ4n) is 2.21. The van der Waals surface area contributed by atoms with Crippen molar-refractivity contribution in [2.75, 3.05) is 0 Å². The Balaban J connectivity index is 1.90. The van der Waals surface area contributed by atoms with Crippen molar-refractivity contribution in [2.24, 2.45) is 0 Å². The van der Waals surface area contributed by atoms with Gasteiger partial charge in [0.15, 0.2) is 0 Å². The summed E-state index contributed by atoms with van der Waals surface area (Å²) in [5.74, 6) is -0.186. The number of pyridine rings is 1. The summed E-state index contributed by atoms with van der Waals surface area (Å²) < 4.78 is 12.8. The molecule has 1 aromatic carbocycles. The predicted octanol–water partition coefficient (Wildman–Crippen LogP) is 3.50. The Morgan fingerprint density at radius 2 is 1.68 bits per heavy atom. The van der Waals surface area contributed by atoms with Crippen molar-refractivity contribution in [1.82, 2.24) is 10.3 Å². The molecule has 100 valence electrons. The summed E-state index contributed by atoms with van der Waals surface area (Å²) in [5, 5.41) is 3.54. The van der Waals surface area contributed by atoms with E-state index in [1.165, 1.54) is 17.7 Å². The molecule has 0 radical (unpaired) electrons. The third-order valence-corrected chi connectivity index (χ3v) is 3.20. The second-order valence-corrected chi connectivity index (χ2v) is 4.90. The summed E-state index contributed by atoms with van der Waals surface area (Å²) in [6, 6.07) is 11.3. The molecule has 0 spiro atoms. The summed E-state index contributed by atoms with van der Waals surface area (Å²) in [5.41, 5.74) is 2.37. The second kappa shape index (κ2) is 6.43. The van der Waals surface area contributed by atoms with Gasteiger partial charge in [-0.1, -0.05) is 12.1 Å². The maximum absolute atomic E-state index is 12.8. The van der Waals surface area contributed by atoms with Crippen molar-refractivity contribution < 1.29 is 4.39 Å². The van der Waals surface area contributed by atoms with Crippen molar-refractivity contribution in [3.8, 4) is 0 Å². The van der Waals surface area contributed by atoms with Crippen LogP contribution in [0.25, 0.3) is 0 Å².